The van der Waals surface area contributed by atoms with E-state index in [0.717, 1.165) is 25.1 Å². The van der Waals surface area contributed by atoms with Crippen molar-refractivity contribution in [1.29, 1.82) is 0 Å². The molecule has 1 amide bonds. The topological polar surface area (TPSA) is 78.1 Å². The minimum Gasteiger partial charge on any atom is -0.355 e. The quantitative estimate of drug-likeness (QED) is 0.873. The molecule has 0 radical (unpaired) electrons. The summed E-state index contributed by atoms with van der Waals surface area (Å²) in [6.07, 6.45) is -0.723. The van der Waals surface area contributed by atoms with Crippen LogP contribution in [0.5, 0.6) is 0 Å². The van der Waals surface area contributed by atoms with E-state index in [9.17, 15) is 22.8 Å². The maximum Gasteiger partial charge on any atom is 0.417 e. The predicted octanol–water partition coefficient (Wildman–Crippen LogP) is 2.19. The van der Waals surface area contributed by atoms with Crippen molar-refractivity contribution in [3.63, 3.8) is 0 Å². The summed E-state index contributed by atoms with van der Waals surface area (Å²) in [6.45, 7) is 1.11. The molecule has 1 fully saturated rings. The van der Waals surface area contributed by atoms with Gasteiger partial charge in [0.25, 0.3) is 5.91 Å². The first-order chi connectivity index (χ1) is 12.3. The van der Waals surface area contributed by atoms with Crippen LogP contribution in [-0.4, -0.2) is 35.0 Å². The largest absolute Gasteiger partial charge is 0.417 e. The van der Waals surface area contributed by atoms with Gasteiger partial charge >= 0.3 is 6.18 Å². The summed E-state index contributed by atoms with van der Waals surface area (Å²) in [6, 6.07) is 4.90. The summed E-state index contributed by atoms with van der Waals surface area (Å²) in [5, 5.41) is 2.88. The number of piperidine rings is 1. The number of H-pyrrole nitrogens is 1. The average Bonchev–Trinajstić information content (AvgIpc) is 2.62. The first kappa shape index (κ1) is 18.0. The fourth-order valence-electron chi connectivity index (χ4n) is 2.86. The van der Waals surface area contributed by atoms with E-state index < -0.39 is 11.7 Å². The van der Waals surface area contributed by atoms with Crippen molar-refractivity contribution in [2.75, 3.05) is 18.0 Å². The average molecular weight is 366 g/mol. The van der Waals surface area contributed by atoms with Crippen molar-refractivity contribution in [2.24, 2.45) is 0 Å². The van der Waals surface area contributed by atoms with Gasteiger partial charge in [0.05, 0.1) is 11.1 Å². The molecule has 1 atom stereocenters. The molecule has 2 aromatic heterocycles. The number of nitrogens with zero attached hydrogens (tertiary/aromatic N) is 2. The Labute approximate surface area is 147 Å². The number of aromatic amines is 1. The fourth-order valence-corrected chi connectivity index (χ4v) is 2.86. The number of halogens is 3. The fraction of sp³-hybridized carbons (Fsp3) is 0.353. The van der Waals surface area contributed by atoms with E-state index in [4.69, 9.17) is 0 Å². The number of hydrogen-bond acceptors (Lipinski definition) is 4. The molecule has 1 unspecified atom stereocenters. The number of anilines is 1. The highest BCUT2D eigenvalue weighted by Crippen LogP contribution is 2.29. The lowest BCUT2D eigenvalue weighted by Gasteiger charge is -2.34. The molecule has 9 heteroatoms. The smallest absolute Gasteiger partial charge is 0.355 e. The van der Waals surface area contributed by atoms with Gasteiger partial charge in [-0.15, -0.1) is 0 Å². The van der Waals surface area contributed by atoms with E-state index in [1.165, 1.54) is 24.4 Å². The molecule has 2 aromatic rings. The zero-order valence-electron chi connectivity index (χ0n) is 13.7. The second kappa shape index (κ2) is 7.19. The van der Waals surface area contributed by atoms with Crippen LogP contribution in [0.25, 0.3) is 0 Å². The molecule has 6 nitrogen and oxygen atoms in total. The molecule has 3 heterocycles. The van der Waals surface area contributed by atoms with Gasteiger partial charge in [0.2, 0.25) is 5.56 Å². The van der Waals surface area contributed by atoms with Crippen LogP contribution in [0, 0.1) is 0 Å². The zero-order valence-corrected chi connectivity index (χ0v) is 13.7. The lowest BCUT2D eigenvalue weighted by atomic mass is 10.0. The van der Waals surface area contributed by atoms with Crippen molar-refractivity contribution < 1.29 is 18.0 Å². The Kier molecular flexibility index (Phi) is 4.97. The summed E-state index contributed by atoms with van der Waals surface area (Å²) >= 11 is 0. The van der Waals surface area contributed by atoms with Crippen LogP contribution in [0.15, 0.2) is 41.5 Å². The first-order valence-electron chi connectivity index (χ1n) is 8.11. The van der Waals surface area contributed by atoms with Crippen LogP contribution in [0.1, 0.15) is 28.8 Å². The number of aromatic nitrogens is 2. The molecular weight excluding hydrogens is 349 g/mol. The van der Waals surface area contributed by atoms with Gasteiger partial charge in [-0.3, -0.25) is 9.59 Å². The highest BCUT2D eigenvalue weighted by Gasteiger charge is 2.31. The van der Waals surface area contributed by atoms with Crippen molar-refractivity contribution >= 4 is 11.7 Å². The van der Waals surface area contributed by atoms with Gasteiger partial charge in [0, 0.05) is 37.6 Å². The Balaban J connectivity index is 1.64. The molecule has 0 saturated carbocycles. The van der Waals surface area contributed by atoms with Gasteiger partial charge in [0.15, 0.2) is 0 Å². The Bertz CT molecular complexity index is 813. The molecule has 138 valence electrons. The number of carbonyl (C=O) groups excluding carboxylic acids is 1. The molecule has 1 aliphatic rings. The maximum atomic E-state index is 12.6. The van der Waals surface area contributed by atoms with Gasteiger partial charge in [-0.1, -0.05) is 0 Å². The van der Waals surface area contributed by atoms with Gasteiger partial charge < -0.3 is 15.2 Å². The third-order valence-corrected chi connectivity index (χ3v) is 4.20. The minimum absolute atomic E-state index is 0.160. The summed E-state index contributed by atoms with van der Waals surface area (Å²) in [4.78, 5) is 31.5. The van der Waals surface area contributed by atoms with Crippen molar-refractivity contribution in [2.45, 2.75) is 25.1 Å². The minimum atomic E-state index is -4.42. The van der Waals surface area contributed by atoms with Crippen molar-refractivity contribution in [3.8, 4) is 0 Å². The number of amides is 1. The number of alkyl halides is 3. The first-order valence-corrected chi connectivity index (χ1v) is 8.11. The van der Waals surface area contributed by atoms with Gasteiger partial charge in [-0.25, -0.2) is 4.98 Å². The summed E-state index contributed by atoms with van der Waals surface area (Å²) in [5.74, 6) is 0.134. The predicted molar refractivity (Wildman–Crippen MR) is 89.0 cm³/mol. The molecule has 2 N–H and O–H groups in total. The molecule has 0 aromatic carbocycles. The molecule has 26 heavy (non-hydrogen) atoms. The van der Waals surface area contributed by atoms with Crippen LogP contribution < -0.4 is 15.8 Å². The molecular formula is C17H17F3N4O2. The van der Waals surface area contributed by atoms with E-state index in [1.54, 1.807) is 0 Å². The summed E-state index contributed by atoms with van der Waals surface area (Å²) in [5.41, 5.74) is -0.741. The highest BCUT2D eigenvalue weighted by atomic mass is 19.4. The van der Waals surface area contributed by atoms with Crippen LogP contribution in [-0.2, 0) is 6.18 Å². The number of nitrogens with one attached hydrogen (secondary N) is 2. The second-order valence-electron chi connectivity index (χ2n) is 6.10. The number of hydrogen-bond donors (Lipinski definition) is 2. The Morgan fingerprint density at radius 2 is 2.08 bits per heavy atom. The normalized spacial score (nSPS) is 17.8. The third kappa shape index (κ3) is 4.22. The van der Waals surface area contributed by atoms with Crippen LogP contribution >= 0.6 is 0 Å². The van der Waals surface area contributed by atoms with Gasteiger partial charge in [0.1, 0.15) is 5.82 Å². The monoisotopic (exact) mass is 366 g/mol. The molecule has 3 rings (SSSR count). The summed E-state index contributed by atoms with van der Waals surface area (Å²) in [7, 11) is 0. The lowest BCUT2D eigenvalue weighted by Crippen LogP contribution is -2.48. The van der Waals surface area contributed by atoms with E-state index in [0.29, 0.717) is 24.5 Å². The van der Waals surface area contributed by atoms with Crippen LogP contribution in [0.2, 0.25) is 0 Å². The molecule has 1 aliphatic heterocycles. The van der Waals surface area contributed by atoms with Gasteiger partial charge in [-0.2, -0.15) is 13.2 Å². The Hall–Kier alpha value is -2.84. The van der Waals surface area contributed by atoms with E-state index >= 15 is 0 Å². The number of rotatable bonds is 3. The molecule has 1 saturated heterocycles. The van der Waals surface area contributed by atoms with E-state index in [2.05, 4.69) is 15.3 Å². The maximum absolute atomic E-state index is 12.6. The third-order valence-electron chi connectivity index (χ3n) is 4.20. The SMILES string of the molecule is O=C(NC1CCCN(c2ccc(C(F)(F)F)cn2)C1)c1ccc(=O)[nH]c1. The standard InChI is InChI=1S/C17H17F3N4O2/c18-17(19,20)12-4-5-14(21-9-12)24-7-1-2-13(10-24)23-16(26)11-3-6-15(25)22-8-11/h3-6,8-9,13H,1-2,7,10H2,(H,22,25)(H,23,26). The van der Waals surface area contributed by atoms with E-state index in [-0.39, 0.29) is 17.5 Å². The lowest BCUT2D eigenvalue weighted by molar-refractivity contribution is -0.137. The number of carbonyl (C=O) groups is 1. The highest BCUT2D eigenvalue weighted by molar-refractivity contribution is 5.94. The second-order valence-corrected chi connectivity index (χ2v) is 6.10. The van der Waals surface area contributed by atoms with Crippen molar-refractivity contribution in [1.82, 2.24) is 15.3 Å². The molecule has 0 spiro atoms. The summed E-state index contributed by atoms with van der Waals surface area (Å²) < 4.78 is 37.9. The van der Waals surface area contributed by atoms with Gasteiger partial charge in [-0.05, 0) is 31.0 Å². The molecule has 0 bridgehead atoms. The van der Waals surface area contributed by atoms with E-state index in [1.807, 2.05) is 4.90 Å². The zero-order chi connectivity index (χ0) is 18.7. The number of pyridine rings is 2. The Morgan fingerprint density at radius 1 is 1.27 bits per heavy atom. The van der Waals surface area contributed by atoms with Crippen LogP contribution in [0.4, 0.5) is 19.0 Å². The Morgan fingerprint density at radius 3 is 2.69 bits per heavy atom. The molecule has 0 aliphatic carbocycles. The van der Waals surface area contributed by atoms with Crippen molar-refractivity contribution in [3.05, 3.63) is 58.1 Å². The van der Waals surface area contributed by atoms with Crippen LogP contribution in [0.3, 0.4) is 0 Å².